The number of rotatable bonds is 5. The predicted octanol–water partition coefficient (Wildman–Crippen LogP) is 4.80. The number of nitrogens with zero attached hydrogens (tertiary/aromatic N) is 2. The molecule has 4 aromatic rings. The molecule has 0 amide bonds. The number of aromatic nitrogens is 2. The van der Waals surface area contributed by atoms with E-state index in [1.54, 1.807) is 43.6 Å². The molecule has 0 saturated heterocycles. The molecular formula is C21H21N3O3S2. The van der Waals surface area contributed by atoms with Gasteiger partial charge in [0.1, 0.15) is 5.75 Å². The van der Waals surface area contributed by atoms with Gasteiger partial charge in [0.15, 0.2) is 4.96 Å². The Bertz CT molecular complexity index is 1270. The van der Waals surface area contributed by atoms with E-state index >= 15 is 0 Å². The molecule has 8 heteroatoms. The highest BCUT2D eigenvalue weighted by atomic mass is 32.2. The molecule has 1 N–H and O–H groups in total. The zero-order valence-electron chi connectivity index (χ0n) is 16.6. The summed E-state index contributed by atoms with van der Waals surface area (Å²) < 4.78 is 36.0. The van der Waals surface area contributed by atoms with Crippen LogP contribution in [0.1, 0.15) is 16.7 Å². The summed E-state index contributed by atoms with van der Waals surface area (Å²) in [6.45, 7) is 5.50. The van der Waals surface area contributed by atoms with Gasteiger partial charge in [0.25, 0.3) is 10.0 Å². The largest absolute Gasteiger partial charge is 0.496 e. The van der Waals surface area contributed by atoms with Gasteiger partial charge in [0.2, 0.25) is 0 Å². The van der Waals surface area contributed by atoms with Crippen LogP contribution in [0.25, 0.3) is 16.2 Å². The molecule has 0 radical (unpaired) electrons. The number of aryl methyl sites for hydroxylation is 1. The summed E-state index contributed by atoms with van der Waals surface area (Å²) in [5.74, 6) is 0.714. The van der Waals surface area contributed by atoms with Crippen LogP contribution < -0.4 is 9.46 Å². The Morgan fingerprint density at radius 3 is 2.48 bits per heavy atom. The van der Waals surface area contributed by atoms with Gasteiger partial charge >= 0.3 is 0 Å². The van der Waals surface area contributed by atoms with Crippen LogP contribution >= 0.6 is 11.3 Å². The number of nitrogens with one attached hydrogen (secondary N) is 1. The molecule has 0 saturated carbocycles. The quantitative estimate of drug-likeness (QED) is 0.497. The molecular weight excluding hydrogens is 406 g/mol. The van der Waals surface area contributed by atoms with Crippen LogP contribution in [0, 0.1) is 20.8 Å². The fourth-order valence-corrected chi connectivity index (χ4v) is 5.54. The fraction of sp³-hybridized carbons (Fsp3) is 0.190. The molecule has 150 valence electrons. The third kappa shape index (κ3) is 3.49. The third-order valence-corrected chi connectivity index (χ3v) is 7.28. The number of benzene rings is 2. The smallest absolute Gasteiger partial charge is 0.262 e. The summed E-state index contributed by atoms with van der Waals surface area (Å²) >= 11 is 1.57. The molecule has 0 aliphatic heterocycles. The van der Waals surface area contributed by atoms with E-state index < -0.39 is 10.0 Å². The van der Waals surface area contributed by atoms with E-state index in [0.717, 1.165) is 27.3 Å². The second-order valence-corrected chi connectivity index (χ2v) is 9.40. The van der Waals surface area contributed by atoms with Crippen molar-refractivity contribution in [3.8, 4) is 17.0 Å². The number of sulfonamides is 1. The molecule has 0 unspecified atom stereocenters. The van der Waals surface area contributed by atoms with Crippen LogP contribution in [-0.2, 0) is 10.0 Å². The zero-order valence-corrected chi connectivity index (χ0v) is 18.2. The fourth-order valence-electron chi connectivity index (χ4n) is 3.40. The van der Waals surface area contributed by atoms with Crippen molar-refractivity contribution in [2.24, 2.45) is 0 Å². The maximum absolute atomic E-state index is 13.0. The van der Waals surface area contributed by atoms with Crippen LogP contribution in [-0.4, -0.2) is 24.9 Å². The van der Waals surface area contributed by atoms with Gasteiger partial charge < -0.3 is 4.74 Å². The summed E-state index contributed by atoms with van der Waals surface area (Å²) in [6.07, 6.45) is 3.91. The monoisotopic (exact) mass is 427 g/mol. The predicted molar refractivity (Wildman–Crippen MR) is 117 cm³/mol. The van der Waals surface area contributed by atoms with E-state index in [9.17, 15) is 8.42 Å². The molecule has 2 heterocycles. The maximum Gasteiger partial charge on any atom is 0.262 e. The van der Waals surface area contributed by atoms with E-state index in [0.29, 0.717) is 17.0 Å². The number of methoxy groups -OCH3 is 1. The van der Waals surface area contributed by atoms with Crippen molar-refractivity contribution < 1.29 is 13.2 Å². The van der Waals surface area contributed by atoms with Crippen molar-refractivity contribution in [2.45, 2.75) is 25.7 Å². The number of hydrogen-bond acceptors (Lipinski definition) is 5. The molecule has 2 aromatic heterocycles. The van der Waals surface area contributed by atoms with Gasteiger partial charge in [-0.05, 0) is 55.7 Å². The summed E-state index contributed by atoms with van der Waals surface area (Å²) in [7, 11) is -2.14. The Morgan fingerprint density at radius 2 is 1.83 bits per heavy atom. The first-order valence-electron chi connectivity index (χ1n) is 9.00. The number of thiazole rings is 1. The second kappa shape index (κ2) is 7.20. The van der Waals surface area contributed by atoms with Crippen molar-refractivity contribution in [1.82, 2.24) is 9.38 Å². The molecule has 0 atom stereocenters. The van der Waals surface area contributed by atoms with Crippen molar-refractivity contribution >= 4 is 32.0 Å². The lowest BCUT2D eigenvalue weighted by Crippen LogP contribution is -2.15. The Kier molecular flexibility index (Phi) is 4.84. The molecule has 4 rings (SSSR count). The maximum atomic E-state index is 13.0. The lowest BCUT2D eigenvalue weighted by Gasteiger charge is -2.16. The number of ether oxygens (including phenoxy) is 1. The number of hydrogen-bond donors (Lipinski definition) is 1. The zero-order chi connectivity index (χ0) is 20.8. The number of imidazole rings is 1. The van der Waals surface area contributed by atoms with Crippen molar-refractivity contribution in [1.29, 1.82) is 0 Å². The molecule has 0 bridgehead atoms. The SMILES string of the molecule is COc1c(C)cc(S(=O)(=O)Nc2ccc(-c3cn4ccsc4n3)cc2)c(C)c1C. The minimum absolute atomic E-state index is 0.256. The average molecular weight is 428 g/mol. The summed E-state index contributed by atoms with van der Waals surface area (Å²) in [6, 6.07) is 8.87. The number of fused-ring (bicyclic) bond motifs is 1. The molecule has 0 aliphatic carbocycles. The van der Waals surface area contributed by atoms with Crippen molar-refractivity contribution in [2.75, 3.05) is 11.8 Å². The van der Waals surface area contributed by atoms with Crippen molar-refractivity contribution in [3.63, 3.8) is 0 Å². The summed E-state index contributed by atoms with van der Waals surface area (Å²) in [5, 5.41) is 1.98. The molecule has 0 aliphatic rings. The Labute approximate surface area is 173 Å². The standard InChI is InChI=1S/C21H21N3O3S2/c1-13-11-19(14(2)15(3)20(13)27-4)29(25,26)23-17-7-5-16(6-8-17)18-12-24-9-10-28-21(24)22-18/h5-12,23H,1-4H3. The molecule has 0 fully saturated rings. The Hall–Kier alpha value is -2.84. The summed E-state index contributed by atoms with van der Waals surface area (Å²) in [5.41, 5.74) is 4.56. The van der Waals surface area contributed by atoms with E-state index in [1.807, 2.05) is 48.2 Å². The first kappa shape index (κ1) is 19.5. The Morgan fingerprint density at radius 1 is 1.10 bits per heavy atom. The van der Waals surface area contributed by atoms with Gasteiger partial charge in [-0.3, -0.25) is 9.12 Å². The highest BCUT2D eigenvalue weighted by Crippen LogP contribution is 2.32. The van der Waals surface area contributed by atoms with Crippen LogP contribution in [0.5, 0.6) is 5.75 Å². The van der Waals surface area contributed by atoms with Crippen LogP contribution in [0.15, 0.2) is 53.0 Å². The highest BCUT2D eigenvalue weighted by Gasteiger charge is 2.21. The number of anilines is 1. The Balaban J connectivity index is 1.62. The van der Waals surface area contributed by atoms with Crippen LogP contribution in [0.4, 0.5) is 5.69 Å². The van der Waals surface area contributed by atoms with Gasteiger partial charge in [0.05, 0.1) is 17.7 Å². The normalized spacial score (nSPS) is 11.7. The lowest BCUT2D eigenvalue weighted by molar-refractivity contribution is 0.407. The highest BCUT2D eigenvalue weighted by molar-refractivity contribution is 7.92. The topological polar surface area (TPSA) is 72.7 Å². The molecule has 29 heavy (non-hydrogen) atoms. The first-order valence-corrected chi connectivity index (χ1v) is 11.4. The molecule has 6 nitrogen and oxygen atoms in total. The third-order valence-electron chi connectivity index (χ3n) is 5.00. The van der Waals surface area contributed by atoms with Gasteiger partial charge in [-0.1, -0.05) is 12.1 Å². The lowest BCUT2D eigenvalue weighted by atomic mass is 10.1. The second-order valence-electron chi connectivity index (χ2n) is 6.88. The van der Waals surface area contributed by atoms with E-state index in [-0.39, 0.29) is 4.90 Å². The minimum atomic E-state index is -3.73. The minimum Gasteiger partial charge on any atom is -0.496 e. The molecule has 2 aromatic carbocycles. The van der Waals surface area contributed by atoms with E-state index in [1.165, 1.54) is 0 Å². The van der Waals surface area contributed by atoms with E-state index in [2.05, 4.69) is 9.71 Å². The van der Waals surface area contributed by atoms with Gasteiger partial charge in [-0.15, -0.1) is 11.3 Å². The van der Waals surface area contributed by atoms with Gasteiger partial charge in [-0.2, -0.15) is 0 Å². The van der Waals surface area contributed by atoms with Crippen LogP contribution in [0.3, 0.4) is 0 Å². The van der Waals surface area contributed by atoms with Gasteiger partial charge in [0, 0.05) is 29.0 Å². The van der Waals surface area contributed by atoms with Crippen molar-refractivity contribution in [3.05, 3.63) is 64.8 Å². The average Bonchev–Trinajstić information content (AvgIpc) is 3.27. The first-order chi connectivity index (χ1) is 13.8. The molecule has 0 spiro atoms. The van der Waals surface area contributed by atoms with Gasteiger partial charge in [-0.25, -0.2) is 13.4 Å². The van der Waals surface area contributed by atoms with E-state index in [4.69, 9.17) is 4.74 Å². The summed E-state index contributed by atoms with van der Waals surface area (Å²) in [4.78, 5) is 5.75. The van der Waals surface area contributed by atoms with Crippen LogP contribution in [0.2, 0.25) is 0 Å².